The maximum absolute atomic E-state index is 14.5. The standard InChI is InChI=1S/C19H22FN3O/c1-11(22-19(24)18-14-4-3-5-15(14)18)13-6-7-17(16(20)10-13)23-9-8-21-12(23)2/h6-11,14-15,18H,3-5H2,1-2H3,(H,22,24)/t11-,14+,15+/m0/s1. The fraction of sp³-hybridized carbons (Fsp3) is 0.474. The Bertz CT molecular complexity index is 775. The second kappa shape index (κ2) is 5.72. The predicted molar refractivity (Wildman–Crippen MR) is 89.1 cm³/mol. The summed E-state index contributed by atoms with van der Waals surface area (Å²) in [5.74, 6) is 1.95. The van der Waals surface area contributed by atoms with Crippen molar-refractivity contribution in [3.05, 3.63) is 47.8 Å². The fourth-order valence-corrected chi connectivity index (χ4v) is 4.22. The first kappa shape index (κ1) is 15.4. The van der Waals surface area contributed by atoms with Gasteiger partial charge in [0, 0.05) is 18.3 Å². The molecule has 2 aliphatic rings. The van der Waals surface area contributed by atoms with Crippen molar-refractivity contribution in [2.75, 3.05) is 0 Å². The van der Waals surface area contributed by atoms with E-state index < -0.39 is 0 Å². The highest BCUT2D eigenvalue weighted by molar-refractivity contribution is 5.82. The number of carbonyl (C=O) groups is 1. The molecule has 2 aliphatic carbocycles. The van der Waals surface area contributed by atoms with E-state index in [0.29, 0.717) is 17.5 Å². The van der Waals surface area contributed by atoms with Crippen molar-refractivity contribution >= 4 is 5.91 Å². The first-order valence-corrected chi connectivity index (χ1v) is 8.66. The van der Waals surface area contributed by atoms with E-state index in [-0.39, 0.29) is 23.7 Å². The molecule has 1 heterocycles. The third-order valence-electron chi connectivity index (χ3n) is 5.63. The fourth-order valence-electron chi connectivity index (χ4n) is 4.22. The molecule has 5 heteroatoms. The minimum atomic E-state index is -0.307. The van der Waals surface area contributed by atoms with Crippen LogP contribution in [0.25, 0.3) is 5.69 Å². The number of imidazole rings is 1. The summed E-state index contributed by atoms with van der Waals surface area (Å²) >= 11 is 0. The van der Waals surface area contributed by atoms with Crippen molar-refractivity contribution in [2.45, 2.75) is 39.2 Å². The predicted octanol–water partition coefficient (Wildman–Crippen LogP) is 3.54. The number of amides is 1. The zero-order valence-corrected chi connectivity index (χ0v) is 14.0. The van der Waals surface area contributed by atoms with Crippen LogP contribution in [-0.2, 0) is 4.79 Å². The lowest BCUT2D eigenvalue weighted by molar-refractivity contribution is -0.123. The maximum Gasteiger partial charge on any atom is 0.224 e. The third-order valence-corrected chi connectivity index (χ3v) is 5.63. The van der Waals surface area contributed by atoms with E-state index in [0.717, 1.165) is 11.4 Å². The number of aryl methyl sites for hydroxylation is 1. The molecular formula is C19H22FN3O. The van der Waals surface area contributed by atoms with Gasteiger partial charge in [-0.2, -0.15) is 0 Å². The van der Waals surface area contributed by atoms with Crippen molar-refractivity contribution < 1.29 is 9.18 Å². The summed E-state index contributed by atoms with van der Waals surface area (Å²) in [6.07, 6.45) is 7.02. The van der Waals surface area contributed by atoms with Crippen LogP contribution in [0.3, 0.4) is 0 Å². The molecule has 4 rings (SSSR count). The van der Waals surface area contributed by atoms with Crippen LogP contribution in [0.2, 0.25) is 0 Å². The topological polar surface area (TPSA) is 46.9 Å². The van der Waals surface area contributed by atoms with Gasteiger partial charge in [0.25, 0.3) is 0 Å². The number of halogens is 1. The summed E-state index contributed by atoms with van der Waals surface area (Å²) in [6, 6.07) is 4.93. The van der Waals surface area contributed by atoms with Gasteiger partial charge in [-0.05, 0) is 56.2 Å². The molecule has 1 aromatic carbocycles. The number of nitrogens with one attached hydrogen (secondary N) is 1. The van der Waals surface area contributed by atoms with Crippen molar-refractivity contribution in [3.8, 4) is 5.69 Å². The molecule has 3 atom stereocenters. The minimum Gasteiger partial charge on any atom is -0.349 e. The largest absolute Gasteiger partial charge is 0.349 e. The summed E-state index contributed by atoms with van der Waals surface area (Å²) < 4.78 is 16.2. The lowest BCUT2D eigenvalue weighted by Gasteiger charge is -2.16. The normalized spacial score (nSPS) is 26.0. The smallest absolute Gasteiger partial charge is 0.224 e. The van der Waals surface area contributed by atoms with Crippen molar-refractivity contribution in [1.82, 2.24) is 14.9 Å². The van der Waals surface area contributed by atoms with Crippen LogP contribution < -0.4 is 5.32 Å². The SMILES string of the molecule is Cc1nccn1-c1ccc([C@H](C)NC(=O)C2[C@@H]3CCC[C@@H]23)cc1F. The quantitative estimate of drug-likeness (QED) is 0.933. The second-order valence-electron chi connectivity index (χ2n) is 7.07. The average Bonchev–Trinajstić information content (AvgIpc) is 2.87. The number of benzene rings is 1. The van der Waals surface area contributed by atoms with Crippen LogP contribution in [0.1, 0.15) is 43.6 Å². The Morgan fingerprint density at radius 1 is 1.38 bits per heavy atom. The Balaban J connectivity index is 1.47. The van der Waals surface area contributed by atoms with E-state index in [4.69, 9.17) is 0 Å². The molecule has 2 fully saturated rings. The Morgan fingerprint density at radius 2 is 2.12 bits per heavy atom. The highest BCUT2D eigenvalue weighted by Crippen LogP contribution is 2.57. The first-order valence-electron chi connectivity index (χ1n) is 8.66. The van der Waals surface area contributed by atoms with Gasteiger partial charge in [0.15, 0.2) is 0 Å². The van der Waals surface area contributed by atoms with Gasteiger partial charge in [-0.1, -0.05) is 12.5 Å². The number of nitrogens with zero attached hydrogens (tertiary/aromatic N) is 2. The van der Waals surface area contributed by atoms with Crippen LogP contribution >= 0.6 is 0 Å². The van der Waals surface area contributed by atoms with Gasteiger partial charge in [-0.25, -0.2) is 9.37 Å². The van der Waals surface area contributed by atoms with E-state index in [1.54, 1.807) is 23.0 Å². The van der Waals surface area contributed by atoms with E-state index in [1.807, 2.05) is 19.9 Å². The minimum absolute atomic E-state index is 0.132. The molecule has 0 bridgehead atoms. The molecule has 24 heavy (non-hydrogen) atoms. The third kappa shape index (κ3) is 2.52. The van der Waals surface area contributed by atoms with Gasteiger partial charge >= 0.3 is 0 Å². The molecule has 0 spiro atoms. The Morgan fingerprint density at radius 3 is 2.75 bits per heavy atom. The van der Waals surface area contributed by atoms with Crippen molar-refractivity contribution in [2.24, 2.45) is 17.8 Å². The van der Waals surface area contributed by atoms with E-state index in [9.17, 15) is 9.18 Å². The lowest BCUT2D eigenvalue weighted by atomic mass is 10.1. The van der Waals surface area contributed by atoms with Gasteiger partial charge in [-0.3, -0.25) is 4.79 Å². The Kier molecular flexibility index (Phi) is 3.66. The second-order valence-corrected chi connectivity index (χ2v) is 7.07. The summed E-state index contributed by atoms with van der Waals surface area (Å²) in [7, 11) is 0. The van der Waals surface area contributed by atoms with Gasteiger partial charge < -0.3 is 9.88 Å². The van der Waals surface area contributed by atoms with E-state index >= 15 is 0 Å². The maximum atomic E-state index is 14.5. The zero-order chi connectivity index (χ0) is 16.8. The van der Waals surface area contributed by atoms with Crippen LogP contribution in [-0.4, -0.2) is 15.5 Å². The number of hydrogen-bond donors (Lipinski definition) is 1. The highest BCUT2D eigenvalue weighted by Gasteiger charge is 2.56. The number of hydrogen-bond acceptors (Lipinski definition) is 2. The average molecular weight is 327 g/mol. The molecule has 0 radical (unpaired) electrons. The van der Waals surface area contributed by atoms with Gasteiger partial charge in [-0.15, -0.1) is 0 Å². The lowest BCUT2D eigenvalue weighted by Crippen LogP contribution is -2.29. The van der Waals surface area contributed by atoms with Crippen molar-refractivity contribution in [1.29, 1.82) is 0 Å². The summed E-state index contributed by atoms with van der Waals surface area (Å²) in [6.45, 7) is 3.75. The Hall–Kier alpha value is -2.17. The van der Waals surface area contributed by atoms with E-state index in [2.05, 4.69) is 10.3 Å². The number of fused-ring (bicyclic) bond motifs is 1. The van der Waals surface area contributed by atoms with Gasteiger partial charge in [0.2, 0.25) is 5.91 Å². The highest BCUT2D eigenvalue weighted by atomic mass is 19.1. The van der Waals surface area contributed by atoms with Gasteiger partial charge in [0.1, 0.15) is 11.6 Å². The van der Waals surface area contributed by atoms with Crippen LogP contribution in [0.4, 0.5) is 4.39 Å². The molecule has 2 aromatic rings. The molecule has 0 unspecified atom stereocenters. The number of rotatable bonds is 4. The van der Waals surface area contributed by atoms with E-state index in [1.165, 1.54) is 25.3 Å². The molecule has 0 aliphatic heterocycles. The van der Waals surface area contributed by atoms with Crippen LogP contribution in [0.5, 0.6) is 0 Å². The summed E-state index contributed by atoms with van der Waals surface area (Å²) in [5, 5.41) is 3.05. The number of aromatic nitrogens is 2. The Labute approximate surface area is 141 Å². The first-order chi connectivity index (χ1) is 11.6. The monoisotopic (exact) mass is 327 g/mol. The zero-order valence-electron chi connectivity index (χ0n) is 14.0. The molecule has 1 N–H and O–H groups in total. The molecule has 4 nitrogen and oxygen atoms in total. The van der Waals surface area contributed by atoms with Gasteiger partial charge in [0.05, 0.1) is 11.7 Å². The molecule has 1 amide bonds. The summed E-state index contributed by atoms with van der Waals surface area (Å²) in [4.78, 5) is 16.5. The van der Waals surface area contributed by atoms with Crippen LogP contribution in [0.15, 0.2) is 30.6 Å². The molecule has 1 aromatic heterocycles. The molecular weight excluding hydrogens is 305 g/mol. The molecule has 0 saturated heterocycles. The molecule has 126 valence electrons. The summed E-state index contributed by atoms with van der Waals surface area (Å²) in [5.41, 5.74) is 1.26. The number of carbonyl (C=O) groups excluding carboxylic acids is 1. The van der Waals surface area contributed by atoms with Crippen molar-refractivity contribution in [3.63, 3.8) is 0 Å². The van der Waals surface area contributed by atoms with Crippen LogP contribution in [0, 0.1) is 30.5 Å². The molecule has 2 saturated carbocycles.